The Hall–Kier alpha value is -2.50. The minimum absolute atomic E-state index is 0.398. The SMILES string of the molecule is Sc1cccc(-c2cnc3ccc(OCc4cccc(Cl)c4)nn23)c1. The van der Waals surface area contributed by atoms with Gasteiger partial charge >= 0.3 is 0 Å². The minimum Gasteiger partial charge on any atom is -0.472 e. The van der Waals surface area contributed by atoms with E-state index in [1.807, 2.05) is 60.7 Å². The first-order valence-electron chi connectivity index (χ1n) is 7.70. The van der Waals surface area contributed by atoms with Gasteiger partial charge in [0.05, 0.1) is 11.9 Å². The van der Waals surface area contributed by atoms with Crippen LogP contribution in [0.1, 0.15) is 5.56 Å². The van der Waals surface area contributed by atoms with E-state index in [1.54, 1.807) is 10.7 Å². The van der Waals surface area contributed by atoms with Crippen LogP contribution in [0.15, 0.2) is 71.8 Å². The molecule has 0 aliphatic rings. The van der Waals surface area contributed by atoms with Crippen molar-refractivity contribution in [3.63, 3.8) is 0 Å². The number of nitrogens with zero attached hydrogens (tertiary/aromatic N) is 3. The molecule has 0 unspecified atom stereocenters. The fourth-order valence-electron chi connectivity index (χ4n) is 2.58. The molecule has 124 valence electrons. The minimum atomic E-state index is 0.398. The van der Waals surface area contributed by atoms with Crippen molar-refractivity contribution in [1.82, 2.24) is 14.6 Å². The van der Waals surface area contributed by atoms with Crippen LogP contribution >= 0.6 is 24.2 Å². The zero-order valence-corrected chi connectivity index (χ0v) is 14.8. The van der Waals surface area contributed by atoms with Crippen LogP contribution in [-0.2, 0) is 6.61 Å². The predicted molar refractivity (Wildman–Crippen MR) is 101 cm³/mol. The molecule has 0 atom stereocenters. The Morgan fingerprint density at radius 3 is 2.76 bits per heavy atom. The topological polar surface area (TPSA) is 39.4 Å². The first kappa shape index (κ1) is 16.0. The molecule has 4 rings (SSSR count). The fraction of sp³-hybridized carbons (Fsp3) is 0.0526. The quantitative estimate of drug-likeness (QED) is 0.520. The molecule has 4 aromatic rings. The largest absolute Gasteiger partial charge is 0.472 e. The van der Waals surface area contributed by atoms with Crippen molar-refractivity contribution < 1.29 is 4.74 Å². The smallest absolute Gasteiger partial charge is 0.232 e. The normalized spacial score (nSPS) is 11.0. The number of fused-ring (bicyclic) bond motifs is 1. The van der Waals surface area contributed by atoms with E-state index in [-0.39, 0.29) is 0 Å². The Labute approximate surface area is 155 Å². The van der Waals surface area contributed by atoms with E-state index in [9.17, 15) is 0 Å². The second-order valence-electron chi connectivity index (χ2n) is 5.55. The van der Waals surface area contributed by atoms with Gasteiger partial charge in [-0.15, -0.1) is 17.7 Å². The number of rotatable bonds is 4. The van der Waals surface area contributed by atoms with Gasteiger partial charge in [-0.3, -0.25) is 0 Å². The Morgan fingerprint density at radius 2 is 1.92 bits per heavy atom. The van der Waals surface area contributed by atoms with E-state index >= 15 is 0 Å². The highest BCUT2D eigenvalue weighted by Gasteiger charge is 2.09. The van der Waals surface area contributed by atoms with E-state index in [0.29, 0.717) is 17.5 Å². The van der Waals surface area contributed by atoms with Crippen molar-refractivity contribution in [3.8, 4) is 17.1 Å². The first-order valence-corrected chi connectivity index (χ1v) is 8.53. The zero-order valence-electron chi connectivity index (χ0n) is 13.1. The lowest BCUT2D eigenvalue weighted by molar-refractivity contribution is 0.289. The van der Waals surface area contributed by atoms with Gasteiger partial charge in [-0.1, -0.05) is 35.9 Å². The van der Waals surface area contributed by atoms with Gasteiger partial charge in [-0.25, -0.2) is 9.50 Å². The highest BCUT2D eigenvalue weighted by molar-refractivity contribution is 7.80. The van der Waals surface area contributed by atoms with Gasteiger partial charge in [0.2, 0.25) is 5.88 Å². The summed E-state index contributed by atoms with van der Waals surface area (Å²) in [6.07, 6.45) is 1.80. The molecule has 4 nitrogen and oxygen atoms in total. The van der Waals surface area contributed by atoms with Gasteiger partial charge < -0.3 is 4.74 Å². The summed E-state index contributed by atoms with van der Waals surface area (Å²) in [5.41, 5.74) is 3.64. The van der Waals surface area contributed by atoms with Crippen molar-refractivity contribution in [2.75, 3.05) is 0 Å². The Bertz CT molecular complexity index is 1050. The summed E-state index contributed by atoms with van der Waals surface area (Å²) in [7, 11) is 0. The molecule has 0 amide bonds. The third-order valence-corrected chi connectivity index (χ3v) is 4.27. The second-order valence-corrected chi connectivity index (χ2v) is 6.51. The molecule has 0 radical (unpaired) electrons. The van der Waals surface area contributed by atoms with Gasteiger partial charge in [0.25, 0.3) is 0 Å². The summed E-state index contributed by atoms with van der Waals surface area (Å²) < 4.78 is 7.58. The van der Waals surface area contributed by atoms with Crippen LogP contribution in [-0.4, -0.2) is 14.6 Å². The third kappa shape index (κ3) is 3.48. The van der Waals surface area contributed by atoms with Gasteiger partial charge in [-0.2, -0.15) is 0 Å². The summed E-state index contributed by atoms with van der Waals surface area (Å²) >= 11 is 10.4. The lowest BCUT2D eigenvalue weighted by atomic mass is 10.2. The molecule has 0 spiro atoms. The Balaban J connectivity index is 1.64. The highest BCUT2D eigenvalue weighted by atomic mass is 35.5. The molecule has 0 saturated carbocycles. The van der Waals surface area contributed by atoms with Gasteiger partial charge in [-0.05, 0) is 35.9 Å². The standard InChI is InChI=1S/C19H14ClN3OS/c20-15-5-1-3-13(9-15)12-24-19-8-7-18-21-11-17(23(18)22-19)14-4-2-6-16(25)10-14/h1-11,25H,12H2. The van der Waals surface area contributed by atoms with Crippen LogP contribution in [0.25, 0.3) is 16.9 Å². The average Bonchev–Trinajstić information content (AvgIpc) is 3.03. The van der Waals surface area contributed by atoms with Gasteiger partial charge in [0, 0.05) is 21.5 Å². The molecule has 0 aliphatic heterocycles. The van der Waals surface area contributed by atoms with Crippen LogP contribution in [0.2, 0.25) is 5.02 Å². The number of imidazole rings is 1. The van der Waals surface area contributed by atoms with E-state index in [0.717, 1.165) is 27.4 Å². The van der Waals surface area contributed by atoms with Crippen molar-refractivity contribution in [2.45, 2.75) is 11.5 Å². The lowest BCUT2D eigenvalue weighted by Gasteiger charge is -2.07. The number of thiol groups is 1. The molecule has 0 bridgehead atoms. The monoisotopic (exact) mass is 367 g/mol. The van der Waals surface area contributed by atoms with E-state index in [4.69, 9.17) is 16.3 Å². The summed E-state index contributed by atoms with van der Waals surface area (Å²) in [6.45, 7) is 0.398. The number of halogens is 1. The van der Waals surface area contributed by atoms with Crippen LogP contribution in [0, 0.1) is 0 Å². The van der Waals surface area contributed by atoms with Gasteiger partial charge in [0.1, 0.15) is 6.61 Å². The molecule has 6 heteroatoms. The molecule has 2 aromatic carbocycles. The number of aromatic nitrogens is 3. The maximum atomic E-state index is 6.00. The summed E-state index contributed by atoms with van der Waals surface area (Å²) in [6, 6.07) is 19.1. The number of ether oxygens (including phenoxy) is 1. The van der Waals surface area contributed by atoms with Gasteiger partial charge in [0.15, 0.2) is 5.65 Å². The molecule has 25 heavy (non-hydrogen) atoms. The van der Waals surface area contributed by atoms with Crippen LogP contribution in [0.5, 0.6) is 5.88 Å². The number of hydrogen-bond donors (Lipinski definition) is 1. The predicted octanol–water partition coefficient (Wildman–Crippen LogP) is 4.92. The molecule has 0 aliphatic carbocycles. The molecule has 2 heterocycles. The average molecular weight is 368 g/mol. The van der Waals surface area contributed by atoms with Crippen molar-refractivity contribution >= 4 is 29.9 Å². The second kappa shape index (κ2) is 6.78. The number of benzene rings is 2. The van der Waals surface area contributed by atoms with E-state index in [1.165, 1.54) is 0 Å². The van der Waals surface area contributed by atoms with E-state index < -0.39 is 0 Å². The zero-order chi connectivity index (χ0) is 17.2. The fourth-order valence-corrected chi connectivity index (χ4v) is 3.02. The first-order chi connectivity index (χ1) is 12.2. The van der Waals surface area contributed by atoms with Crippen LogP contribution in [0.4, 0.5) is 0 Å². The summed E-state index contributed by atoms with van der Waals surface area (Å²) in [5.74, 6) is 0.522. The lowest BCUT2D eigenvalue weighted by Crippen LogP contribution is -2.01. The Kier molecular flexibility index (Phi) is 4.34. The number of hydrogen-bond acceptors (Lipinski definition) is 4. The van der Waals surface area contributed by atoms with Crippen LogP contribution < -0.4 is 4.74 Å². The third-order valence-electron chi connectivity index (χ3n) is 3.76. The molecule has 0 N–H and O–H groups in total. The maximum Gasteiger partial charge on any atom is 0.232 e. The summed E-state index contributed by atoms with van der Waals surface area (Å²) in [5, 5.41) is 5.24. The molecular weight excluding hydrogens is 354 g/mol. The van der Waals surface area contributed by atoms with Crippen molar-refractivity contribution in [3.05, 3.63) is 77.4 Å². The highest BCUT2D eigenvalue weighted by Crippen LogP contribution is 2.23. The molecule has 0 saturated heterocycles. The Morgan fingerprint density at radius 1 is 1.04 bits per heavy atom. The molecule has 0 fully saturated rings. The summed E-state index contributed by atoms with van der Waals surface area (Å²) in [4.78, 5) is 5.29. The molecule has 2 aromatic heterocycles. The van der Waals surface area contributed by atoms with Crippen molar-refractivity contribution in [1.29, 1.82) is 0 Å². The van der Waals surface area contributed by atoms with Crippen molar-refractivity contribution in [2.24, 2.45) is 0 Å². The molecular formula is C19H14ClN3OS. The van der Waals surface area contributed by atoms with E-state index in [2.05, 4.69) is 22.7 Å². The maximum absolute atomic E-state index is 6.00. The van der Waals surface area contributed by atoms with Crippen LogP contribution in [0.3, 0.4) is 0 Å².